The maximum absolute atomic E-state index is 13.8. The van der Waals surface area contributed by atoms with Crippen LogP contribution in [0.5, 0.6) is 0 Å². The Morgan fingerprint density at radius 1 is 0.947 bits per heavy atom. The average Bonchev–Trinajstić information content (AvgIpc) is 3.31. The molecule has 192 valence electrons. The van der Waals surface area contributed by atoms with Gasteiger partial charge in [0, 0.05) is 15.6 Å². The summed E-state index contributed by atoms with van der Waals surface area (Å²) in [4.78, 5) is 48.2. The highest BCUT2D eigenvalue weighted by molar-refractivity contribution is 9.10. The first kappa shape index (κ1) is 26.0. The predicted molar refractivity (Wildman–Crippen MR) is 149 cm³/mol. The number of nitrogens with zero attached hydrogens (tertiary/aromatic N) is 4. The molecule has 7 nitrogen and oxygen atoms in total. The van der Waals surface area contributed by atoms with E-state index in [0.29, 0.717) is 56.7 Å². The first-order chi connectivity index (χ1) is 18.2. The number of ketones is 1. The molecule has 0 spiro atoms. The number of rotatable bonds is 7. The highest BCUT2D eigenvalue weighted by Gasteiger charge is 2.36. The fourth-order valence-electron chi connectivity index (χ4n) is 4.69. The molecule has 0 saturated carbocycles. The molecule has 1 aliphatic rings. The Morgan fingerprint density at radius 3 is 2.21 bits per heavy atom. The van der Waals surface area contributed by atoms with Gasteiger partial charge >= 0.3 is 0 Å². The van der Waals surface area contributed by atoms with Crippen molar-refractivity contribution in [1.29, 1.82) is 0 Å². The van der Waals surface area contributed by atoms with E-state index >= 15 is 0 Å². The summed E-state index contributed by atoms with van der Waals surface area (Å²) in [6.07, 6.45) is 0. The van der Waals surface area contributed by atoms with E-state index in [1.807, 2.05) is 42.6 Å². The topological polar surface area (TPSA) is 75.5 Å². The Hall–Kier alpha value is -3.59. The van der Waals surface area contributed by atoms with Crippen molar-refractivity contribution in [1.82, 2.24) is 19.4 Å². The SMILES string of the molecule is Cc1nc(CN(C)C)n(-c2ccc(Br)cc2C(=O)c2ccccc2Cl)c1CN1C(=O)c2ccccc2C1=O. The molecule has 0 atom stereocenters. The van der Waals surface area contributed by atoms with Gasteiger partial charge in [-0.3, -0.25) is 23.9 Å². The lowest BCUT2D eigenvalue weighted by Gasteiger charge is -2.21. The third kappa shape index (κ3) is 4.60. The second kappa shape index (κ2) is 10.3. The van der Waals surface area contributed by atoms with Gasteiger partial charge in [0.1, 0.15) is 5.82 Å². The van der Waals surface area contributed by atoms with Crippen LogP contribution < -0.4 is 0 Å². The Bertz CT molecular complexity index is 1580. The molecule has 9 heteroatoms. The number of fused-ring (bicyclic) bond motifs is 1. The van der Waals surface area contributed by atoms with Crippen LogP contribution >= 0.6 is 27.5 Å². The predicted octanol–water partition coefficient (Wildman–Crippen LogP) is 5.69. The Morgan fingerprint density at radius 2 is 1.58 bits per heavy atom. The van der Waals surface area contributed by atoms with Gasteiger partial charge < -0.3 is 4.90 Å². The minimum Gasteiger partial charge on any atom is -0.302 e. The second-order valence-electron chi connectivity index (χ2n) is 9.35. The van der Waals surface area contributed by atoms with Crippen molar-refractivity contribution in [3.63, 3.8) is 0 Å². The molecule has 0 N–H and O–H groups in total. The fraction of sp³-hybridized carbons (Fsp3) is 0.172. The summed E-state index contributed by atoms with van der Waals surface area (Å²) in [6.45, 7) is 2.32. The Kier molecular flexibility index (Phi) is 7.05. The zero-order chi connectivity index (χ0) is 27.1. The van der Waals surface area contributed by atoms with Crippen molar-refractivity contribution in [3.8, 4) is 5.69 Å². The molecule has 0 aliphatic carbocycles. The average molecular weight is 592 g/mol. The molecule has 1 aliphatic heterocycles. The van der Waals surface area contributed by atoms with E-state index in [-0.39, 0.29) is 24.1 Å². The lowest BCUT2D eigenvalue weighted by molar-refractivity contribution is 0.0639. The van der Waals surface area contributed by atoms with E-state index in [1.165, 1.54) is 4.90 Å². The third-order valence-corrected chi connectivity index (χ3v) is 7.27. The molecular formula is C29H24BrClN4O3. The largest absolute Gasteiger partial charge is 0.302 e. The summed E-state index contributed by atoms with van der Waals surface area (Å²) in [7, 11) is 3.85. The lowest BCUT2D eigenvalue weighted by atomic mass is 10.0. The van der Waals surface area contributed by atoms with Gasteiger partial charge in [-0.2, -0.15) is 0 Å². The van der Waals surface area contributed by atoms with Crippen LogP contribution in [-0.2, 0) is 13.1 Å². The van der Waals surface area contributed by atoms with Gasteiger partial charge in [-0.05, 0) is 63.5 Å². The molecule has 5 rings (SSSR count). The first-order valence-electron chi connectivity index (χ1n) is 11.9. The molecule has 2 amide bonds. The monoisotopic (exact) mass is 590 g/mol. The van der Waals surface area contributed by atoms with Crippen LogP contribution in [0.4, 0.5) is 0 Å². The molecule has 0 radical (unpaired) electrons. The molecule has 3 aromatic carbocycles. The van der Waals surface area contributed by atoms with Gasteiger partial charge in [0.05, 0.1) is 46.3 Å². The number of halogens is 2. The van der Waals surface area contributed by atoms with Crippen LogP contribution in [0.3, 0.4) is 0 Å². The van der Waals surface area contributed by atoms with Crippen molar-refractivity contribution < 1.29 is 14.4 Å². The molecule has 0 unspecified atom stereocenters. The van der Waals surface area contributed by atoms with Crippen molar-refractivity contribution in [2.45, 2.75) is 20.0 Å². The molecule has 0 fully saturated rings. The number of aromatic nitrogens is 2. The van der Waals surface area contributed by atoms with E-state index in [2.05, 4.69) is 15.9 Å². The van der Waals surface area contributed by atoms with Crippen molar-refractivity contribution in [2.24, 2.45) is 0 Å². The molecule has 4 aromatic rings. The van der Waals surface area contributed by atoms with Crippen molar-refractivity contribution in [3.05, 3.63) is 116 Å². The number of hydrogen-bond donors (Lipinski definition) is 0. The normalized spacial score (nSPS) is 12.9. The van der Waals surface area contributed by atoms with Gasteiger partial charge in [0.15, 0.2) is 5.78 Å². The molecular weight excluding hydrogens is 568 g/mol. The van der Waals surface area contributed by atoms with Gasteiger partial charge in [-0.25, -0.2) is 4.98 Å². The van der Waals surface area contributed by atoms with Crippen LogP contribution in [0.2, 0.25) is 5.02 Å². The number of benzene rings is 3. The summed E-state index contributed by atoms with van der Waals surface area (Å²) in [5.41, 5.74) is 3.45. The van der Waals surface area contributed by atoms with Gasteiger partial charge in [-0.15, -0.1) is 0 Å². The molecule has 2 heterocycles. The second-order valence-corrected chi connectivity index (χ2v) is 10.7. The van der Waals surface area contributed by atoms with E-state index in [0.717, 1.165) is 4.47 Å². The molecule has 1 aromatic heterocycles. The Balaban J connectivity index is 1.67. The van der Waals surface area contributed by atoms with Gasteiger partial charge in [0.2, 0.25) is 0 Å². The third-order valence-electron chi connectivity index (χ3n) is 6.45. The molecule has 38 heavy (non-hydrogen) atoms. The van der Waals surface area contributed by atoms with E-state index in [9.17, 15) is 14.4 Å². The quantitative estimate of drug-likeness (QED) is 0.204. The summed E-state index contributed by atoms with van der Waals surface area (Å²) < 4.78 is 2.61. The zero-order valence-corrected chi connectivity index (χ0v) is 23.4. The maximum atomic E-state index is 13.8. The van der Waals surface area contributed by atoms with Gasteiger partial charge in [-0.1, -0.05) is 51.8 Å². The lowest BCUT2D eigenvalue weighted by Crippen LogP contribution is -2.30. The highest BCUT2D eigenvalue weighted by atomic mass is 79.9. The summed E-state index contributed by atoms with van der Waals surface area (Å²) in [5, 5.41) is 0.352. The minimum absolute atomic E-state index is 0.00833. The highest BCUT2D eigenvalue weighted by Crippen LogP contribution is 2.31. The number of aryl methyl sites for hydroxylation is 1. The number of imidazole rings is 1. The first-order valence-corrected chi connectivity index (χ1v) is 13.1. The molecule has 0 bridgehead atoms. The van der Waals surface area contributed by atoms with E-state index in [1.54, 1.807) is 54.6 Å². The van der Waals surface area contributed by atoms with Crippen LogP contribution in [0.1, 0.15) is 53.8 Å². The zero-order valence-electron chi connectivity index (χ0n) is 21.0. The van der Waals surface area contributed by atoms with Crippen LogP contribution in [0.15, 0.2) is 71.2 Å². The van der Waals surface area contributed by atoms with Crippen LogP contribution in [0.25, 0.3) is 5.69 Å². The van der Waals surface area contributed by atoms with Crippen molar-refractivity contribution >= 4 is 45.1 Å². The summed E-state index contributed by atoms with van der Waals surface area (Å²) in [5.74, 6) is -0.277. The summed E-state index contributed by atoms with van der Waals surface area (Å²) in [6, 6.07) is 19.1. The number of imide groups is 1. The standard InChI is InChI=1S/C29H24BrClN4O3/c1-17-25(15-34-28(37)19-8-4-5-9-20(19)29(34)38)35(26(32-17)16-33(2)3)24-13-12-18(30)14-22(24)27(36)21-10-6-7-11-23(21)31/h4-14H,15-16H2,1-3H3. The van der Waals surface area contributed by atoms with E-state index < -0.39 is 0 Å². The Labute approximate surface area is 233 Å². The van der Waals surface area contributed by atoms with E-state index in [4.69, 9.17) is 16.6 Å². The smallest absolute Gasteiger partial charge is 0.261 e. The number of carbonyl (C=O) groups is 3. The summed E-state index contributed by atoms with van der Waals surface area (Å²) >= 11 is 9.89. The van der Waals surface area contributed by atoms with Crippen molar-refractivity contribution in [2.75, 3.05) is 14.1 Å². The fourth-order valence-corrected chi connectivity index (χ4v) is 5.27. The molecule has 0 saturated heterocycles. The number of amides is 2. The van der Waals surface area contributed by atoms with Crippen LogP contribution in [-0.4, -0.2) is 51.0 Å². The number of hydrogen-bond acceptors (Lipinski definition) is 5. The van der Waals surface area contributed by atoms with Crippen LogP contribution in [0, 0.1) is 6.92 Å². The maximum Gasteiger partial charge on any atom is 0.261 e. The number of carbonyl (C=O) groups excluding carboxylic acids is 3. The minimum atomic E-state index is -0.352. The van der Waals surface area contributed by atoms with Gasteiger partial charge in [0.25, 0.3) is 11.8 Å².